The molecule has 1 amide bonds. The molecule has 4 aromatic rings. The van der Waals surface area contributed by atoms with Crippen LogP contribution in [0.25, 0.3) is 22.7 Å². The second-order valence-electron chi connectivity index (χ2n) is 6.71. The molecule has 3 N–H and O–H groups in total. The molecule has 32 heavy (non-hydrogen) atoms. The maximum Gasteiger partial charge on any atom is 0.230 e. The van der Waals surface area contributed by atoms with Crippen LogP contribution < -0.4 is 15.9 Å². The summed E-state index contributed by atoms with van der Waals surface area (Å²) in [4.78, 5) is 12.3. The van der Waals surface area contributed by atoms with E-state index < -0.39 is 0 Å². The lowest BCUT2D eigenvalue weighted by atomic mass is 10.2. The van der Waals surface area contributed by atoms with E-state index in [0.717, 1.165) is 11.1 Å². The zero-order valence-electron chi connectivity index (χ0n) is 17.1. The Morgan fingerprint density at radius 2 is 1.94 bits per heavy atom. The first-order valence-corrected chi connectivity index (χ1v) is 11.0. The second kappa shape index (κ2) is 9.80. The van der Waals surface area contributed by atoms with Crippen LogP contribution in [-0.4, -0.2) is 33.6 Å². The van der Waals surface area contributed by atoms with Crippen LogP contribution in [0.3, 0.4) is 0 Å². The van der Waals surface area contributed by atoms with E-state index >= 15 is 0 Å². The molecule has 0 radical (unpaired) electrons. The number of halogens is 1. The number of benzene rings is 2. The van der Waals surface area contributed by atoms with Crippen molar-refractivity contribution in [2.24, 2.45) is 0 Å². The fourth-order valence-corrected chi connectivity index (χ4v) is 3.81. The highest BCUT2D eigenvalue weighted by atomic mass is 35.5. The SMILES string of the molecule is COc1ccccc1-c1nnc(SCC(=O)NCc2ccc(-c3ccc(Cl)cc3)o2)n1N. The van der Waals surface area contributed by atoms with E-state index in [2.05, 4.69) is 15.5 Å². The molecule has 8 nitrogen and oxygen atoms in total. The number of furan rings is 1. The minimum Gasteiger partial charge on any atom is -0.496 e. The van der Waals surface area contributed by atoms with E-state index in [-0.39, 0.29) is 18.2 Å². The summed E-state index contributed by atoms with van der Waals surface area (Å²) >= 11 is 7.11. The number of para-hydroxylation sites is 1. The maximum atomic E-state index is 12.3. The number of methoxy groups -OCH3 is 1. The number of nitrogens with zero attached hydrogens (tertiary/aromatic N) is 3. The van der Waals surface area contributed by atoms with Crippen molar-refractivity contribution in [3.05, 3.63) is 71.4 Å². The average molecular weight is 470 g/mol. The number of nitrogens with two attached hydrogens (primary N) is 1. The third kappa shape index (κ3) is 4.90. The summed E-state index contributed by atoms with van der Waals surface area (Å²) < 4.78 is 12.5. The third-order valence-electron chi connectivity index (χ3n) is 4.59. The summed E-state index contributed by atoms with van der Waals surface area (Å²) in [5.74, 6) is 8.54. The van der Waals surface area contributed by atoms with Crippen LogP contribution in [0.4, 0.5) is 0 Å². The summed E-state index contributed by atoms with van der Waals surface area (Å²) in [7, 11) is 1.58. The van der Waals surface area contributed by atoms with Gasteiger partial charge in [-0.2, -0.15) is 0 Å². The molecule has 0 spiro atoms. The van der Waals surface area contributed by atoms with Gasteiger partial charge in [0, 0.05) is 10.6 Å². The van der Waals surface area contributed by atoms with Crippen LogP contribution in [0.5, 0.6) is 5.75 Å². The first kappa shape index (κ1) is 21.8. The van der Waals surface area contributed by atoms with Gasteiger partial charge in [-0.25, -0.2) is 4.68 Å². The molecule has 2 aromatic carbocycles. The number of nitrogen functional groups attached to an aromatic ring is 1. The Morgan fingerprint density at radius 1 is 1.16 bits per heavy atom. The Balaban J connectivity index is 1.32. The van der Waals surface area contributed by atoms with Crippen LogP contribution in [-0.2, 0) is 11.3 Å². The van der Waals surface area contributed by atoms with Crippen molar-refractivity contribution in [3.63, 3.8) is 0 Å². The number of rotatable bonds is 8. The van der Waals surface area contributed by atoms with Crippen molar-refractivity contribution in [1.82, 2.24) is 20.2 Å². The molecule has 0 fully saturated rings. The molecule has 0 saturated carbocycles. The average Bonchev–Trinajstić information content (AvgIpc) is 3.43. The first-order chi connectivity index (χ1) is 15.5. The van der Waals surface area contributed by atoms with Crippen molar-refractivity contribution >= 4 is 29.3 Å². The van der Waals surface area contributed by atoms with Crippen molar-refractivity contribution in [2.45, 2.75) is 11.7 Å². The Labute approximate surface area is 193 Å². The normalized spacial score (nSPS) is 10.8. The highest BCUT2D eigenvalue weighted by Gasteiger charge is 2.16. The summed E-state index contributed by atoms with van der Waals surface area (Å²) in [6, 6.07) is 18.4. The molecule has 0 saturated heterocycles. The lowest BCUT2D eigenvalue weighted by Gasteiger charge is -2.08. The Kier molecular flexibility index (Phi) is 6.67. The number of nitrogens with one attached hydrogen (secondary N) is 1. The Hall–Kier alpha value is -3.43. The van der Waals surface area contributed by atoms with Crippen LogP contribution in [0.2, 0.25) is 5.02 Å². The Morgan fingerprint density at radius 3 is 2.72 bits per heavy atom. The third-order valence-corrected chi connectivity index (χ3v) is 5.79. The molecule has 2 aromatic heterocycles. The molecule has 164 valence electrons. The predicted molar refractivity (Wildman–Crippen MR) is 124 cm³/mol. The van der Waals surface area contributed by atoms with Gasteiger partial charge in [0.05, 0.1) is 25.0 Å². The van der Waals surface area contributed by atoms with Crippen molar-refractivity contribution in [1.29, 1.82) is 0 Å². The van der Waals surface area contributed by atoms with E-state index in [4.69, 9.17) is 26.6 Å². The standard InChI is InChI=1S/C22H20ClN5O3S/c1-30-19-5-3-2-4-17(19)21-26-27-22(28(21)24)32-13-20(29)25-12-16-10-11-18(31-16)14-6-8-15(23)9-7-14/h2-11H,12-13,24H2,1H3,(H,25,29). The molecule has 2 heterocycles. The van der Waals surface area contributed by atoms with E-state index in [9.17, 15) is 4.79 Å². The summed E-state index contributed by atoms with van der Waals surface area (Å²) in [6.45, 7) is 0.273. The van der Waals surface area contributed by atoms with E-state index in [1.807, 2.05) is 48.5 Å². The van der Waals surface area contributed by atoms with Gasteiger partial charge in [0.15, 0.2) is 5.82 Å². The molecule has 0 atom stereocenters. The number of carbonyl (C=O) groups is 1. The van der Waals surface area contributed by atoms with Gasteiger partial charge in [-0.1, -0.05) is 35.5 Å². The van der Waals surface area contributed by atoms with Gasteiger partial charge in [-0.15, -0.1) is 10.2 Å². The van der Waals surface area contributed by atoms with Crippen LogP contribution in [0, 0.1) is 0 Å². The summed E-state index contributed by atoms with van der Waals surface area (Å²) in [5.41, 5.74) is 1.63. The summed E-state index contributed by atoms with van der Waals surface area (Å²) in [6.07, 6.45) is 0. The highest BCUT2D eigenvalue weighted by molar-refractivity contribution is 7.99. The first-order valence-electron chi connectivity index (χ1n) is 9.63. The topological polar surface area (TPSA) is 108 Å². The molecule has 0 aliphatic rings. The molecule has 0 aliphatic heterocycles. The van der Waals surface area contributed by atoms with Crippen LogP contribution in [0.15, 0.2) is 70.2 Å². The van der Waals surface area contributed by atoms with Gasteiger partial charge in [0.2, 0.25) is 11.1 Å². The number of hydrogen-bond donors (Lipinski definition) is 2. The number of carbonyl (C=O) groups excluding carboxylic acids is 1. The van der Waals surface area contributed by atoms with E-state index in [1.165, 1.54) is 16.4 Å². The van der Waals surface area contributed by atoms with Crippen molar-refractivity contribution in [3.8, 4) is 28.5 Å². The van der Waals surface area contributed by atoms with E-state index in [0.29, 0.717) is 33.3 Å². The highest BCUT2D eigenvalue weighted by Crippen LogP contribution is 2.29. The smallest absolute Gasteiger partial charge is 0.230 e. The Bertz CT molecular complexity index is 1220. The van der Waals surface area contributed by atoms with E-state index in [1.54, 1.807) is 19.2 Å². The minimum atomic E-state index is -0.179. The van der Waals surface area contributed by atoms with Crippen LogP contribution in [0.1, 0.15) is 5.76 Å². The zero-order chi connectivity index (χ0) is 22.5. The minimum absolute atomic E-state index is 0.131. The van der Waals surface area contributed by atoms with Crippen molar-refractivity contribution in [2.75, 3.05) is 18.7 Å². The summed E-state index contributed by atoms with van der Waals surface area (Å²) in [5, 5.41) is 12.1. The second-order valence-corrected chi connectivity index (χ2v) is 8.09. The van der Waals surface area contributed by atoms with Gasteiger partial charge in [0.25, 0.3) is 0 Å². The lowest BCUT2D eigenvalue weighted by molar-refractivity contribution is -0.118. The van der Waals surface area contributed by atoms with Gasteiger partial charge < -0.3 is 20.3 Å². The molecule has 0 aliphatic carbocycles. The lowest BCUT2D eigenvalue weighted by Crippen LogP contribution is -2.24. The molecular weight excluding hydrogens is 450 g/mol. The molecule has 0 unspecified atom stereocenters. The monoisotopic (exact) mass is 469 g/mol. The molecule has 4 rings (SSSR count). The van der Waals surface area contributed by atoms with Gasteiger partial charge in [-0.3, -0.25) is 4.79 Å². The largest absolute Gasteiger partial charge is 0.496 e. The van der Waals surface area contributed by atoms with Crippen molar-refractivity contribution < 1.29 is 13.9 Å². The number of hydrogen-bond acceptors (Lipinski definition) is 7. The molecular formula is C22H20ClN5O3S. The maximum absolute atomic E-state index is 12.3. The van der Waals surface area contributed by atoms with Gasteiger partial charge in [-0.05, 0) is 48.5 Å². The van der Waals surface area contributed by atoms with Crippen LogP contribution >= 0.6 is 23.4 Å². The number of amides is 1. The zero-order valence-corrected chi connectivity index (χ0v) is 18.7. The van der Waals surface area contributed by atoms with Gasteiger partial charge >= 0.3 is 0 Å². The quantitative estimate of drug-likeness (QED) is 0.296. The number of thioether (sulfide) groups is 1. The number of ether oxygens (including phenoxy) is 1. The fraction of sp³-hybridized carbons (Fsp3) is 0.136. The molecule has 10 heteroatoms. The number of aromatic nitrogens is 3. The van der Waals surface area contributed by atoms with Gasteiger partial charge in [0.1, 0.15) is 17.3 Å². The predicted octanol–water partition coefficient (Wildman–Crippen LogP) is 3.99. The fourth-order valence-electron chi connectivity index (χ4n) is 3.00. The molecule has 0 bridgehead atoms.